The number of hydrogen-bond acceptors (Lipinski definition) is 5. The van der Waals surface area contributed by atoms with Gasteiger partial charge in [-0.2, -0.15) is 5.10 Å². The third kappa shape index (κ3) is 2.10. The van der Waals surface area contributed by atoms with Gasteiger partial charge >= 0.3 is 5.97 Å². The molecule has 24 heavy (non-hydrogen) atoms. The normalized spacial score (nSPS) is 15.9. The van der Waals surface area contributed by atoms with Gasteiger partial charge < -0.3 is 14.5 Å². The first kappa shape index (κ1) is 14.3. The Morgan fingerprint density at radius 2 is 2.04 bits per heavy atom. The number of ether oxygens (including phenoxy) is 1. The third-order valence-electron chi connectivity index (χ3n) is 4.02. The summed E-state index contributed by atoms with van der Waals surface area (Å²) < 4.78 is 10.1. The molecule has 2 aromatic heterocycles. The molecule has 3 heterocycles. The Morgan fingerprint density at radius 1 is 1.25 bits per heavy atom. The molecule has 1 amide bonds. The maximum Gasteiger partial charge on any atom is 0.337 e. The summed E-state index contributed by atoms with van der Waals surface area (Å²) >= 11 is 0. The first-order valence-corrected chi connectivity index (χ1v) is 7.30. The second-order valence-electron chi connectivity index (χ2n) is 5.36. The van der Waals surface area contributed by atoms with Gasteiger partial charge in [0.05, 0.1) is 25.0 Å². The number of aromatic nitrogens is 2. The minimum absolute atomic E-state index is 0.249. The fraction of sp³-hybridized carbons (Fsp3) is 0.118. The van der Waals surface area contributed by atoms with E-state index in [2.05, 4.69) is 15.5 Å². The lowest BCUT2D eigenvalue weighted by Gasteiger charge is -2.13. The number of carbonyl (C=O) groups excluding carboxylic acids is 2. The predicted molar refractivity (Wildman–Crippen MR) is 83.4 cm³/mol. The Balaban J connectivity index is 1.76. The maximum absolute atomic E-state index is 12.2. The number of nitrogens with one attached hydrogen (secondary N) is 2. The number of hydrogen-bond donors (Lipinski definition) is 2. The SMILES string of the molecule is COC(=O)c1ccc([C@H]2NC(=O)c3n[nH]c(-c4ccco4)c32)cc1. The molecule has 1 aromatic carbocycles. The Morgan fingerprint density at radius 3 is 2.71 bits per heavy atom. The van der Waals surface area contributed by atoms with Crippen LogP contribution in [0.1, 0.15) is 38.0 Å². The highest BCUT2D eigenvalue weighted by molar-refractivity contribution is 6.00. The standard InChI is InChI=1S/C17H13N3O4/c1-23-17(22)10-6-4-9(5-7-10)13-12-14(11-3-2-8-24-11)19-20-15(12)16(21)18-13/h2-8,13H,1H3,(H,18,21)(H,19,20)/t13-/m1/s1. The predicted octanol–water partition coefficient (Wildman–Crippen LogP) is 2.29. The quantitative estimate of drug-likeness (QED) is 0.721. The summed E-state index contributed by atoms with van der Waals surface area (Å²) in [5.74, 6) is -0.0465. The second kappa shape index (κ2) is 5.38. The Bertz CT molecular complexity index is 910. The largest absolute Gasteiger partial charge is 0.465 e. The molecule has 0 aliphatic carbocycles. The minimum Gasteiger partial charge on any atom is -0.465 e. The average Bonchev–Trinajstić information content (AvgIpc) is 3.32. The van der Waals surface area contributed by atoms with E-state index >= 15 is 0 Å². The molecule has 0 spiro atoms. The molecule has 0 unspecified atom stereocenters. The van der Waals surface area contributed by atoms with Gasteiger partial charge in [-0.05, 0) is 29.8 Å². The van der Waals surface area contributed by atoms with Crippen LogP contribution in [0.15, 0.2) is 47.1 Å². The number of aromatic amines is 1. The fourth-order valence-electron chi connectivity index (χ4n) is 2.86. The van der Waals surface area contributed by atoms with Crippen LogP contribution < -0.4 is 5.32 Å². The Kier molecular flexibility index (Phi) is 3.19. The van der Waals surface area contributed by atoms with Crippen molar-refractivity contribution in [2.75, 3.05) is 7.11 Å². The van der Waals surface area contributed by atoms with E-state index in [9.17, 15) is 9.59 Å². The summed E-state index contributed by atoms with van der Waals surface area (Å²) in [6.45, 7) is 0. The minimum atomic E-state index is -0.405. The number of amides is 1. The number of rotatable bonds is 3. The molecule has 120 valence electrons. The van der Waals surface area contributed by atoms with Crippen LogP contribution in [-0.2, 0) is 4.74 Å². The molecule has 0 bridgehead atoms. The van der Waals surface area contributed by atoms with E-state index in [1.54, 1.807) is 42.7 Å². The van der Waals surface area contributed by atoms with Crippen molar-refractivity contribution in [1.82, 2.24) is 15.5 Å². The number of benzene rings is 1. The molecular weight excluding hydrogens is 310 g/mol. The second-order valence-corrected chi connectivity index (χ2v) is 5.36. The van der Waals surface area contributed by atoms with Gasteiger partial charge in [-0.3, -0.25) is 9.89 Å². The number of furan rings is 1. The van der Waals surface area contributed by atoms with Crippen molar-refractivity contribution in [2.24, 2.45) is 0 Å². The van der Waals surface area contributed by atoms with E-state index < -0.39 is 5.97 Å². The van der Waals surface area contributed by atoms with E-state index in [1.165, 1.54) is 7.11 Å². The summed E-state index contributed by atoms with van der Waals surface area (Å²) in [5.41, 5.74) is 3.04. The Labute approximate surface area is 136 Å². The van der Waals surface area contributed by atoms with Gasteiger partial charge in [0, 0.05) is 5.56 Å². The number of carbonyl (C=O) groups is 2. The fourth-order valence-corrected chi connectivity index (χ4v) is 2.86. The van der Waals surface area contributed by atoms with E-state index in [1.807, 2.05) is 0 Å². The lowest BCUT2D eigenvalue weighted by molar-refractivity contribution is 0.0600. The van der Waals surface area contributed by atoms with Crippen LogP contribution in [0.25, 0.3) is 11.5 Å². The summed E-state index contributed by atoms with van der Waals surface area (Å²) in [6, 6.07) is 10.1. The highest BCUT2D eigenvalue weighted by atomic mass is 16.5. The van der Waals surface area contributed by atoms with Crippen molar-refractivity contribution in [3.63, 3.8) is 0 Å². The first-order chi connectivity index (χ1) is 11.7. The van der Waals surface area contributed by atoms with E-state index in [0.29, 0.717) is 22.7 Å². The lowest BCUT2D eigenvalue weighted by atomic mass is 9.98. The van der Waals surface area contributed by atoms with Crippen LogP contribution in [0, 0.1) is 0 Å². The molecule has 2 N–H and O–H groups in total. The molecule has 4 rings (SSSR count). The molecule has 1 aliphatic heterocycles. The van der Waals surface area contributed by atoms with Gasteiger partial charge in [0.15, 0.2) is 11.5 Å². The molecule has 0 fully saturated rings. The van der Waals surface area contributed by atoms with Gasteiger partial charge in [0.25, 0.3) is 5.91 Å². The topological polar surface area (TPSA) is 97.2 Å². The molecule has 0 radical (unpaired) electrons. The van der Waals surface area contributed by atoms with E-state index in [0.717, 1.165) is 11.1 Å². The first-order valence-electron chi connectivity index (χ1n) is 7.30. The van der Waals surface area contributed by atoms with Crippen molar-refractivity contribution in [3.8, 4) is 11.5 Å². The molecule has 7 heteroatoms. The van der Waals surface area contributed by atoms with Gasteiger partial charge in [0.1, 0.15) is 5.69 Å². The van der Waals surface area contributed by atoms with Crippen LogP contribution in [0.4, 0.5) is 0 Å². The number of methoxy groups -OCH3 is 1. The maximum atomic E-state index is 12.2. The molecule has 0 saturated carbocycles. The van der Waals surface area contributed by atoms with Gasteiger partial charge in [-0.15, -0.1) is 0 Å². The van der Waals surface area contributed by atoms with Gasteiger partial charge in [-0.25, -0.2) is 4.79 Å². The zero-order chi connectivity index (χ0) is 16.7. The van der Waals surface area contributed by atoms with Crippen molar-refractivity contribution in [2.45, 2.75) is 6.04 Å². The van der Waals surface area contributed by atoms with Crippen LogP contribution in [0.3, 0.4) is 0 Å². The monoisotopic (exact) mass is 323 g/mol. The van der Waals surface area contributed by atoms with Crippen LogP contribution in [-0.4, -0.2) is 29.2 Å². The number of nitrogens with zero attached hydrogens (tertiary/aromatic N) is 1. The number of esters is 1. The van der Waals surface area contributed by atoms with Gasteiger partial charge in [0.2, 0.25) is 0 Å². The summed E-state index contributed by atoms with van der Waals surface area (Å²) in [6.07, 6.45) is 1.56. The third-order valence-corrected chi connectivity index (χ3v) is 4.02. The van der Waals surface area contributed by atoms with Gasteiger partial charge in [-0.1, -0.05) is 12.1 Å². The van der Waals surface area contributed by atoms with Crippen molar-refractivity contribution in [3.05, 3.63) is 65.0 Å². The van der Waals surface area contributed by atoms with Crippen molar-refractivity contribution >= 4 is 11.9 Å². The van der Waals surface area contributed by atoms with E-state index in [-0.39, 0.29) is 11.9 Å². The molecule has 1 aliphatic rings. The highest BCUT2D eigenvalue weighted by Gasteiger charge is 2.36. The zero-order valence-corrected chi connectivity index (χ0v) is 12.7. The highest BCUT2D eigenvalue weighted by Crippen LogP contribution is 2.37. The molecule has 1 atom stereocenters. The molecule has 0 saturated heterocycles. The van der Waals surface area contributed by atoms with Crippen LogP contribution in [0.2, 0.25) is 0 Å². The number of H-pyrrole nitrogens is 1. The molecule has 3 aromatic rings. The lowest BCUT2D eigenvalue weighted by Crippen LogP contribution is -2.21. The summed E-state index contributed by atoms with van der Waals surface area (Å²) in [5, 5.41) is 9.87. The van der Waals surface area contributed by atoms with E-state index in [4.69, 9.17) is 9.15 Å². The molecular formula is C17H13N3O4. The van der Waals surface area contributed by atoms with Crippen molar-refractivity contribution in [1.29, 1.82) is 0 Å². The van der Waals surface area contributed by atoms with Crippen LogP contribution in [0.5, 0.6) is 0 Å². The molecule has 7 nitrogen and oxygen atoms in total. The smallest absolute Gasteiger partial charge is 0.337 e. The van der Waals surface area contributed by atoms with Crippen molar-refractivity contribution < 1.29 is 18.7 Å². The number of fused-ring (bicyclic) bond motifs is 1. The Hall–Kier alpha value is -3.35. The van der Waals surface area contributed by atoms with Crippen LogP contribution >= 0.6 is 0 Å². The summed E-state index contributed by atoms with van der Waals surface area (Å²) in [4.78, 5) is 23.7. The summed E-state index contributed by atoms with van der Waals surface area (Å²) in [7, 11) is 1.33. The average molecular weight is 323 g/mol. The zero-order valence-electron chi connectivity index (χ0n) is 12.7.